The zero-order chi connectivity index (χ0) is 26.2. The zero-order valence-electron chi connectivity index (χ0n) is 18.3. The van der Waals surface area contributed by atoms with E-state index in [0.29, 0.717) is 0 Å². The van der Waals surface area contributed by atoms with Gasteiger partial charge in [0.2, 0.25) is 0 Å². The Morgan fingerprint density at radius 1 is 1.22 bits per heavy atom. The van der Waals surface area contributed by atoms with E-state index < -0.39 is 40.8 Å². The molecule has 0 fully saturated rings. The normalized spacial score (nSPS) is 11.3. The highest BCUT2D eigenvalue weighted by molar-refractivity contribution is 6.14. The first-order valence-electron chi connectivity index (χ1n) is 10.1. The van der Waals surface area contributed by atoms with Crippen molar-refractivity contribution in [2.45, 2.75) is 19.6 Å². The van der Waals surface area contributed by atoms with Gasteiger partial charge in [-0.25, -0.2) is 19.3 Å². The Hall–Kier alpha value is -4.93. The van der Waals surface area contributed by atoms with Crippen LogP contribution in [0.2, 0.25) is 0 Å². The number of hydrogen-bond acceptors (Lipinski definition) is 7. The van der Waals surface area contributed by atoms with Crippen LogP contribution in [-0.4, -0.2) is 36.5 Å². The summed E-state index contributed by atoms with van der Waals surface area (Å²) in [6, 6.07) is 6.37. The van der Waals surface area contributed by atoms with Crippen LogP contribution in [0, 0.1) is 24.1 Å². The van der Waals surface area contributed by atoms with Crippen LogP contribution < -0.4 is 11.1 Å². The molecular formula is C22H14F4N8O2. The Balaban J connectivity index is 1.78. The number of pyridine rings is 1. The van der Waals surface area contributed by atoms with Gasteiger partial charge in [0.05, 0.1) is 28.0 Å². The largest absolute Gasteiger partial charge is 0.437 e. The van der Waals surface area contributed by atoms with Crippen LogP contribution in [-0.2, 0) is 12.7 Å². The minimum Gasteiger partial charge on any atom is -0.364 e. The molecule has 182 valence electrons. The van der Waals surface area contributed by atoms with Crippen molar-refractivity contribution in [1.29, 1.82) is 5.26 Å². The summed E-state index contributed by atoms with van der Waals surface area (Å²) < 4.78 is 56.9. The molecule has 1 aromatic carbocycles. The lowest BCUT2D eigenvalue weighted by atomic mass is 10.1. The highest BCUT2D eigenvalue weighted by Crippen LogP contribution is 2.36. The fourth-order valence-corrected chi connectivity index (χ4v) is 3.41. The minimum atomic E-state index is -4.96. The van der Waals surface area contributed by atoms with Crippen molar-refractivity contribution in [3.05, 3.63) is 76.5 Å². The monoisotopic (exact) mass is 498 g/mol. The molecule has 0 spiro atoms. The number of rotatable bonds is 5. The van der Waals surface area contributed by atoms with Crippen LogP contribution in [0.4, 0.5) is 23.2 Å². The van der Waals surface area contributed by atoms with E-state index in [1.165, 1.54) is 31.5 Å². The summed E-state index contributed by atoms with van der Waals surface area (Å²) in [5.41, 5.74) is 2.32. The lowest BCUT2D eigenvalue weighted by Gasteiger charge is -2.12. The third kappa shape index (κ3) is 4.53. The second kappa shape index (κ2) is 9.02. The number of fused-ring (bicyclic) bond motifs is 1. The molecule has 0 aliphatic rings. The molecule has 4 rings (SSSR count). The third-order valence-electron chi connectivity index (χ3n) is 5.12. The number of nitriles is 1. The van der Waals surface area contributed by atoms with E-state index in [0.717, 1.165) is 16.8 Å². The summed E-state index contributed by atoms with van der Waals surface area (Å²) in [7, 11) is 0. The maximum atomic E-state index is 14.6. The minimum absolute atomic E-state index is 0.0690. The lowest BCUT2D eigenvalue weighted by molar-refractivity contribution is -0.140. The number of amides is 2. The van der Waals surface area contributed by atoms with Crippen LogP contribution in [0.1, 0.15) is 43.6 Å². The van der Waals surface area contributed by atoms with E-state index in [2.05, 4.69) is 25.4 Å². The number of hydrogen-bond donors (Lipinski definition) is 2. The fraction of sp³-hybridized carbons (Fsp3) is 0.136. The maximum absolute atomic E-state index is 14.6. The van der Waals surface area contributed by atoms with E-state index in [1.54, 1.807) is 0 Å². The number of nitrogens with one attached hydrogen (secondary N) is 1. The summed E-state index contributed by atoms with van der Waals surface area (Å²) in [6.45, 7) is 0.983. The SMILES string of the molecule is Cc1c(NC(=O)c2cc(C(N)=O)nc3cccc(F)c23)c(C(F)(F)F)nn1Cc1ncc(C#N)cn1. The molecule has 0 bridgehead atoms. The number of alkyl halides is 3. The molecular weight excluding hydrogens is 484 g/mol. The van der Waals surface area contributed by atoms with Gasteiger partial charge in [0, 0.05) is 17.8 Å². The second-order valence-corrected chi connectivity index (χ2v) is 7.47. The first-order chi connectivity index (χ1) is 17.0. The van der Waals surface area contributed by atoms with Crippen molar-refractivity contribution in [3.63, 3.8) is 0 Å². The number of carbonyl (C=O) groups excluding carboxylic acids is 2. The van der Waals surface area contributed by atoms with Gasteiger partial charge in [0.1, 0.15) is 29.9 Å². The third-order valence-corrected chi connectivity index (χ3v) is 5.12. The summed E-state index contributed by atoms with van der Waals surface area (Å²) in [4.78, 5) is 36.5. The molecule has 0 unspecified atom stereocenters. The number of anilines is 1. The summed E-state index contributed by atoms with van der Waals surface area (Å²) in [5.74, 6) is -2.96. The van der Waals surface area contributed by atoms with Crippen LogP contribution in [0.5, 0.6) is 0 Å². The molecule has 0 saturated heterocycles. The van der Waals surface area contributed by atoms with Crippen LogP contribution in [0.3, 0.4) is 0 Å². The van der Waals surface area contributed by atoms with Gasteiger partial charge >= 0.3 is 6.18 Å². The predicted molar refractivity (Wildman–Crippen MR) is 116 cm³/mol. The Kier molecular flexibility index (Phi) is 6.07. The molecule has 3 N–H and O–H groups in total. The molecule has 0 aliphatic heterocycles. The van der Waals surface area contributed by atoms with Crippen LogP contribution >= 0.6 is 0 Å². The van der Waals surface area contributed by atoms with Gasteiger partial charge in [-0.3, -0.25) is 14.3 Å². The van der Waals surface area contributed by atoms with Crippen molar-refractivity contribution < 1.29 is 27.2 Å². The Labute approximate surface area is 199 Å². The summed E-state index contributed by atoms with van der Waals surface area (Å²) in [6.07, 6.45) is -2.56. The average molecular weight is 498 g/mol. The molecule has 0 atom stereocenters. The maximum Gasteiger partial charge on any atom is 0.437 e. The fourth-order valence-electron chi connectivity index (χ4n) is 3.41. The van der Waals surface area contributed by atoms with Gasteiger partial charge in [-0.1, -0.05) is 6.07 Å². The predicted octanol–water partition coefficient (Wildman–Crippen LogP) is 2.96. The Morgan fingerprint density at radius 3 is 2.53 bits per heavy atom. The standard InChI is InChI=1S/C22H14F4N8O2/c1-10-18(19(22(24,25)26)33-34(10)9-16-29-7-11(6-27)8-30-16)32-21(36)12-5-15(20(28)35)31-14-4-2-3-13(23)17(12)14/h2-5,7-8H,9H2,1H3,(H2,28,35)(H,32,36). The first kappa shape index (κ1) is 24.2. The van der Waals surface area contributed by atoms with E-state index in [1.807, 2.05) is 6.07 Å². The highest BCUT2D eigenvalue weighted by atomic mass is 19.4. The van der Waals surface area contributed by atoms with Crippen molar-refractivity contribution >= 4 is 28.4 Å². The van der Waals surface area contributed by atoms with E-state index in [4.69, 9.17) is 11.0 Å². The van der Waals surface area contributed by atoms with E-state index in [9.17, 15) is 27.2 Å². The lowest BCUT2D eigenvalue weighted by Crippen LogP contribution is -2.20. The molecule has 0 radical (unpaired) electrons. The number of nitrogens with zero attached hydrogens (tertiary/aromatic N) is 6. The Morgan fingerprint density at radius 2 is 1.92 bits per heavy atom. The topological polar surface area (TPSA) is 152 Å². The molecule has 0 saturated carbocycles. The second-order valence-electron chi connectivity index (χ2n) is 7.47. The number of nitrogens with two attached hydrogens (primary N) is 1. The molecule has 3 aromatic heterocycles. The van der Waals surface area contributed by atoms with Gasteiger partial charge < -0.3 is 11.1 Å². The number of halogens is 4. The first-order valence-corrected chi connectivity index (χ1v) is 10.1. The van der Waals surface area contributed by atoms with Crippen molar-refractivity contribution in [2.75, 3.05) is 5.32 Å². The van der Waals surface area contributed by atoms with Crippen molar-refractivity contribution in [2.24, 2.45) is 5.73 Å². The molecule has 3 heterocycles. The van der Waals surface area contributed by atoms with Crippen molar-refractivity contribution in [1.82, 2.24) is 24.7 Å². The van der Waals surface area contributed by atoms with Crippen LogP contribution in [0.15, 0.2) is 36.7 Å². The van der Waals surface area contributed by atoms with Crippen molar-refractivity contribution in [3.8, 4) is 6.07 Å². The molecule has 2 amide bonds. The van der Waals surface area contributed by atoms with Gasteiger partial charge in [0.15, 0.2) is 5.69 Å². The summed E-state index contributed by atoms with van der Waals surface area (Å²) in [5, 5.41) is 14.2. The smallest absolute Gasteiger partial charge is 0.364 e. The average Bonchev–Trinajstić information content (AvgIpc) is 3.14. The summed E-state index contributed by atoms with van der Waals surface area (Å²) >= 11 is 0. The van der Waals surface area contributed by atoms with Gasteiger partial charge in [-0.2, -0.15) is 23.5 Å². The van der Waals surface area contributed by atoms with Gasteiger partial charge in [-0.05, 0) is 25.1 Å². The highest BCUT2D eigenvalue weighted by Gasteiger charge is 2.39. The Bertz CT molecular complexity index is 1560. The molecule has 14 heteroatoms. The van der Waals surface area contributed by atoms with E-state index in [-0.39, 0.29) is 40.2 Å². The van der Waals surface area contributed by atoms with Gasteiger partial charge in [-0.15, -0.1) is 0 Å². The molecule has 36 heavy (non-hydrogen) atoms. The number of aromatic nitrogens is 5. The molecule has 0 aliphatic carbocycles. The number of benzene rings is 1. The molecule has 4 aromatic rings. The van der Waals surface area contributed by atoms with E-state index >= 15 is 0 Å². The number of primary amides is 1. The zero-order valence-corrected chi connectivity index (χ0v) is 18.3. The molecule has 10 nitrogen and oxygen atoms in total. The van der Waals surface area contributed by atoms with Gasteiger partial charge in [0.25, 0.3) is 11.8 Å². The quantitative estimate of drug-likeness (QED) is 0.401. The number of carbonyl (C=O) groups is 2. The van der Waals surface area contributed by atoms with Crippen LogP contribution in [0.25, 0.3) is 10.9 Å².